The van der Waals surface area contributed by atoms with E-state index in [-0.39, 0.29) is 17.9 Å². The van der Waals surface area contributed by atoms with Crippen LogP contribution in [-0.4, -0.2) is 16.8 Å². The van der Waals surface area contributed by atoms with E-state index in [1.807, 2.05) is 0 Å². The molecule has 0 aliphatic heterocycles. The SMILES string of the molecule is Nc1cc(F)c(OC(F)F)cc1NCc1cccnn1. The lowest BCUT2D eigenvalue weighted by atomic mass is 10.2. The van der Waals surface area contributed by atoms with Crippen molar-refractivity contribution in [2.45, 2.75) is 13.2 Å². The van der Waals surface area contributed by atoms with Crippen LogP contribution in [0.5, 0.6) is 5.75 Å². The third-order valence-corrected chi connectivity index (χ3v) is 2.41. The van der Waals surface area contributed by atoms with Gasteiger partial charge in [0, 0.05) is 18.3 Å². The van der Waals surface area contributed by atoms with Gasteiger partial charge in [-0.2, -0.15) is 19.0 Å². The number of hydrogen-bond donors (Lipinski definition) is 2. The summed E-state index contributed by atoms with van der Waals surface area (Å²) in [6.07, 6.45) is 1.52. The maximum atomic E-state index is 13.4. The first-order valence-electron chi connectivity index (χ1n) is 5.60. The second kappa shape index (κ2) is 6.09. The summed E-state index contributed by atoms with van der Waals surface area (Å²) in [5, 5.41) is 10.4. The van der Waals surface area contributed by atoms with Crippen LogP contribution in [0.2, 0.25) is 0 Å². The van der Waals surface area contributed by atoms with Crippen LogP contribution in [0.3, 0.4) is 0 Å². The predicted molar refractivity (Wildman–Crippen MR) is 66.8 cm³/mol. The molecule has 0 spiro atoms. The number of rotatable bonds is 5. The Kier molecular flexibility index (Phi) is 4.24. The lowest BCUT2D eigenvalue weighted by Gasteiger charge is -2.12. The molecule has 0 fully saturated rings. The van der Waals surface area contributed by atoms with Crippen molar-refractivity contribution in [3.05, 3.63) is 42.0 Å². The highest BCUT2D eigenvalue weighted by atomic mass is 19.3. The Balaban J connectivity index is 2.14. The monoisotopic (exact) mass is 284 g/mol. The molecule has 0 saturated carbocycles. The standard InChI is InChI=1S/C12H11F3N4O/c13-8-4-9(16)10(5-11(8)20-12(14)15)17-6-7-2-1-3-18-19-7/h1-5,12,17H,6,16H2. The fourth-order valence-corrected chi connectivity index (χ4v) is 1.52. The number of nitrogens with one attached hydrogen (secondary N) is 1. The second-order valence-electron chi connectivity index (χ2n) is 3.82. The molecule has 8 heteroatoms. The van der Waals surface area contributed by atoms with E-state index in [2.05, 4.69) is 20.3 Å². The smallest absolute Gasteiger partial charge is 0.387 e. The van der Waals surface area contributed by atoms with Gasteiger partial charge in [0.05, 0.1) is 23.6 Å². The van der Waals surface area contributed by atoms with Crippen LogP contribution in [0.1, 0.15) is 5.69 Å². The largest absolute Gasteiger partial charge is 0.432 e. The highest BCUT2D eigenvalue weighted by molar-refractivity contribution is 5.68. The van der Waals surface area contributed by atoms with Crippen molar-refractivity contribution in [3.8, 4) is 5.75 Å². The third kappa shape index (κ3) is 3.50. The quantitative estimate of drug-likeness (QED) is 0.825. The number of ether oxygens (including phenoxy) is 1. The van der Waals surface area contributed by atoms with E-state index < -0.39 is 18.2 Å². The number of benzene rings is 1. The highest BCUT2D eigenvalue weighted by Crippen LogP contribution is 2.29. The lowest BCUT2D eigenvalue weighted by molar-refractivity contribution is -0.0521. The minimum absolute atomic E-state index is 0.0769. The Morgan fingerprint density at radius 1 is 1.35 bits per heavy atom. The van der Waals surface area contributed by atoms with Gasteiger partial charge in [0.25, 0.3) is 0 Å². The molecule has 0 unspecified atom stereocenters. The van der Waals surface area contributed by atoms with Gasteiger partial charge >= 0.3 is 6.61 Å². The zero-order valence-corrected chi connectivity index (χ0v) is 10.2. The summed E-state index contributed by atoms with van der Waals surface area (Å²) in [6.45, 7) is -2.85. The number of nitrogen functional groups attached to an aromatic ring is 1. The van der Waals surface area contributed by atoms with Crippen LogP contribution < -0.4 is 15.8 Å². The molecule has 0 atom stereocenters. The molecule has 0 amide bonds. The molecular formula is C12H11F3N4O. The Hall–Kier alpha value is -2.51. The van der Waals surface area contributed by atoms with Crippen molar-refractivity contribution in [2.75, 3.05) is 11.1 Å². The number of anilines is 2. The van der Waals surface area contributed by atoms with E-state index in [4.69, 9.17) is 5.73 Å². The predicted octanol–water partition coefficient (Wildman–Crippen LogP) is 2.41. The van der Waals surface area contributed by atoms with Crippen LogP contribution in [0, 0.1) is 5.82 Å². The number of nitrogens with two attached hydrogens (primary N) is 1. The van der Waals surface area contributed by atoms with Crippen LogP contribution in [0.25, 0.3) is 0 Å². The first kappa shape index (κ1) is 13.9. The van der Waals surface area contributed by atoms with Crippen molar-refractivity contribution >= 4 is 11.4 Å². The molecule has 20 heavy (non-hydrogen) atoms. The van der Waals surface area contributed by atoms with Gasteiger partial charge in [0.2, 0.25) is 0 Å². The molecule has 0 aliphatic carbocycles. The van der Waals surface area contributed by atoms with Gasteiger partial charge in [0.15, 0.2) is 11.6 Å². The van der Waals surface area contributed by atoms with E-state index in [1.165, 1.54) is 6.20 Å². The zero-order chi connectivity index (χ0) is 14.5. The molecule has 2 rings (SSSR count). The molecule has 0 aliphatic rings. The molecule has 1 aromatic heterocycles. The second-order valence-corrected chi connectivity index (χ2v) is 3.82. The third-order valence-electron chi connectivity index (χ3n) is 2.41. The van der Waals surface area contributed by atoms with Crippen molar-refractivity contribution in [3.63, 3.8) is 0 Å². The number of aromatic nitrogens is 2. The summed E-state index contributed by atoms with van der Waals surface area (Å²) >= 11 is 0. The van der Waals surface area contributed by atoms with E-state index >= 15 is 0 Å². The minimum atomic E-state index is -3.11. The molecule has 0 saturated heterocycles. The molecule has 3 N–H and O–H groups in total. The lowest BCUT2D eigenvalue weighted by Crippen LogP contribution is -2.08. The molecule has 0 radical (unpaired) electrons. The van der Waals surface area contributed by atoms with E-state index in [0.29, 0.717) is 5.69 Å². The fraction of sp³-hybridized carbons (Fsp3) is 0.167. The normalized spacial score (nSPS) is 10.6. The first-order chi connectivity index (χ1) is 9.56. The minimum Gasteiger partial charge on any atom is -0.432 e. The topological polar surface area (TPSA) is 73.1 Å². The summed E-state index contributed by atoms with van der Waals surface area (Å²) in [7, 11) is 0. The Morgan fingerprint density at radius 3 is 2.80 bits per heavy atom. The Bertz CT molecular complexity index is 580. The Labute approximate surface area is 112 Å². The summed E-state index contributed by atoms with van der Waals surface area (Å²) in [6, 6.07) is 5.41. The van der Waals surface area contributed by atoms with Crippen molar-refractivity contribution in [2.24, 2.45) is 0 Å². The molecule has 5 nitrogen and oxygen atoms in total. The number of alkyl halides is 2. The maximum absolute atomic E-state index is 13.4. The number of halogens is 3. The van der Waals surface area contributed by atoms with Gasteiger partial charge in [-0.3, -0.25) is 0 Å². The molecule has 0 bridgehead atoms. The highest BCUT2D eigenvalue weighted by Gasteiger charge is 2.13. The van der Waals surface area contributed by atoms with Gasteiger partial charge in [-0.25, -0.2) is 4.39 Å². The van der Waals surface area contributed by atoms with E-state index in [9.17, 15) is 13.2 Å². The molecule has 1 heterocycles. The summed E-state index contributed by atoms with van der Waals surface area (Å²) < 4.78 is 41.7. The number of hydrogen-bond acceptors (Lipinski definition) is 5. The molecule has 1 aromatic carbocycles. The zero-order valence-electron chi connectivity index (χ0n) is 10.2. The van der Waals surface area contributed by atoms with Crippen LogP contribution in [0.4, 0.5) is 24.5 Å². The van der Waals surface area contributed by atoms with Crippen LogP contribution in [-0.2, 0) is 6.54 Å². The van der Waals surface area contributed by atoms with Crippen LogP contribution >= 0.6 is 0 Å². The van der Waals surface area contributed by atoms with Crippen molar-refractivity contribution < 1.29 is 17.9 Å². The number of nitrogens with zero attached hydrogens (tertiary/aromatic N) is 2. The van der Waals surface area contributed by atoms with Gasteiger partial charge in [-0.1, -0.05) is 0 Å². The van der Waals surface area contributed by atoms with Crippen LogP contribution in [0.15, 0.2) is 30.5 Å². The van der Waals surface area contributed by atoms with Gasteiger partial charge in [0.1, 0.15) is 0 Å². The summed E-state index contributed by atoms with van der Waals surface area (Å²) in [5.74, 6) is -1.52. The fourth-order valence-electron chi connectivity index (χ4n) is 1.52. The average molecular weight is 284 g/mol. The average Bonchev–Trinajstić information content (AvgIpc) is 2.41. The van der Waals surface area contributed by atoms with Gasteiger partial charge in [-0.15, -0.1) is 0 Å². The van der Waals surface area contributed by atoms with Crippen molar-refractivity contribution in [1.29, 1.82) is 0 Å². The van der Waals surface area contributed by atoms with Gasteiger partial charge < -0.3 is 15.8 Å². The first-order valence-corrected chi connectivity index (χ1v) is 5.60. The van der Waals surface area contributed by atoms with Crippen molar-refractivity contribution in [1.82, 2.24) is 10.2 Å². The summed E-state index contributed by atoms with van der Waals surface area (Å²) in [5.41, 5.74) is 6.57. The van der Waals surface area contributed by atoms with E-state index in [0.717, 1.165) is 12.1 Å². The van der Waals surface area contributed by atoms with Gasteiger partial charge in [-0.05, 0) is 12.1 Å². The molecular weight excluding hydrogens is 273 g/mol. The van der Waals surface area contributed by atoms with E-state index in [1.54, 1.807) is 12.1 Å². The summed E-state index contributed by atoms with van der Waals surface area (Å²) in [4.78, 5) is 0. The maximum Gasteiger partial charge on any atom is 0.387 e. The Morgan fingerprint density at radius 2 is 2.15 bits per heavy atom. The molecule has 2 aromatic rings. The molecule has 106 valence electrons.